The number of rotatable bonds is 3. The van der Waals surface area contributed by atoms with Crippen LogP contribution in [0.2, 0.25) is 5.02 Å². The lowest BCUT2D eigenvalue weighted by atomic mass is 9.76. The van der Waals surface area contributed by atoms with E-state index in [4.69, 9.17) is 17.3 Å². The van der Waals surface area contributed by atoms with Gasteiger partial charge in [-0.05, 0) is 52.2 Å². The van der Waals surface area contributed by atoms with Gasteiger partial charge in [0.15, 0.2) is 0 Å². The van der Waals surface area contributed by atoms with Crippen molar-refractivity contribution in [2.45, 2.75) is 57.9 Å². The molecule has 2 unspecified atom stereocenters. The maximum absolute atomic E-state index is 15.9. The van der Waals surface area contributed by atoms with Crippen molar-refractivity contribution in [3.05, 3.63) is 40.3 Å². The SMILES string of the molecule is CNC(=O)C1(C)CCC2(CNc3ncc(-c4ccc(N)c(C(=O)N(C)C(C)(C)C)c4F)c(Cl)c32)C1. The fourth-order valence-electron chi connectivity index (χ4n) is 5.42. The van der Waals surface area contributed by atoms with Crippen LogP contribution in [0.5, 0.6) is 0 Å². The summed E-state index contributed by atoms with van der Waals surface area (Å²) < 4.78 is 15.9. The summed E-state index contributed by atoms with van der Waals surface area (Å²) in [6.07, 6.45) is 3.60. The van der Waals surface area contributed by atoms with Crippen LogP contribution in [-0.2, 0) is 10.2 Å². The Morgan fingerprint density at radius 1 is 1.26 bits per heavy atom. The highest BCUT2D eigenvalue weighted by atomic mass is 35.5. The summed E-state index contributed by atoms with van der Waals surface area (Å²) in [4.78, 5) is 31.8. The lowest BCUT2D eigenvalue weighted by molar-refractivity contribution is -0.129. The predicted molar refractivity (Wildman–Crippen MR) is 137 cm³/mol. The number of pyridine rings is 1. The number of hydrogen-bond acceptors (Lipinski definition) is 5. The fraction of sp³-hybridized carbons (Fsp3) is 0.500. The molecule has 2 amide bonds. The fourth-order valence-corrected chi connectivity index (χ4v) is 5.86. The number of halogens is 2. The number of hydrogen-bond donors (Lipinski definition) is 3. The summed E-state index contributed by atoms with van der Waals surface area (Å²) in [5.41, 5.74) is 5.88. The molecule has 9 heteroatoms. The first-order chi connectivity index (χ1) is 16.3. The third kappa shape index (κ3) is 3.92. The number of nitrogens with two attached hydrogens (primary N) is 1. The Morgan fingerprint density at radius 3 is 2.57 bits per heavy atom. The van der Waals surface area contributed by atoms with Crippen molar-refractivity contribution in [2.75, 3.05) is 31.7 Å². The van der Waals surface area contributed by atoms with Crippen molar-refractivity contribution in [1.29, 1.82) is 0 Å². The van der Waals surface area contributed by atoms with Gasteiger partial charge < -0.3 is 21.3 Å². The number of carbonyl (C=O) groups is 2. The van der Waals surface area contributed by atoms with Crippen LogP contribution in [0.1, 0.15) is 62.9 Å². The molecule has 1 saturated carbocycles. The molecule has 0 bridgehead atoms. The average molecular weight is 502 g/mol. The molecule has 4 N–H and O–H groups in total. The second kappa shape index (κ2) is 8.36. The average Bonchev–Trinajstić information content (AvgIpc) is 3.34. The first-order valence-corrected chi connectivity index (χ1v) is 12.1. The highest BCUT2D eigenvalue weighted by molar-refractivity contribution is 6.34. The zero-order valence-corrected chi connectivity index (χ0v) is 21.9. The van der Waals surface area contributed by atoms with E-state index < -0.39 is 22.7 Å². The van der Waals surface area contributed by atoms with Crippen LogP contribution < -0.4 is 16.4 Å². The van der Waals surface area contributed by atoms with Gasteiger partial charge in [0, 0.05) is 65.6 Å². The number of carbonyl (C=O) groups excluding carboxylic acids is 2. The molecule has 188 valence electrons. The van der Waals surface area contributed by atoms with Gasteiger partial charge in [-0.3, -0.25) is 9.59 Å². The lowest BCUT2D eigenvalue weighted by Gasteiger charge is -2.32. The van der Waals surface area contributed by atoms with Crippen molar-refractivity contribution >= 4 is 34.9 Å². The predicted octanol–water partition coefficient (Wildman–Crippen LogP) is 4.59. The molecule has 1 spiro atoms. The summed E-state index contributed by atoms with van der Waals surface area (Å²) in [7, 11) is 3.27. The highest BCUT2D eigenvalue weighted by Gasteiger charge is 2.54. The molecule has 2 heterocycles. The minimum Gasteiger partial charge on any atom is -0.398 e. The molecule has 35 heavy (non-hydrogen) atoms. The van der Waals surface area contributed by atoms with Crippen molar-refractivity contribution in [3.8, 4) is 11.1 Å². The molecule has 0 radical (unpaired) electrons. The molecular weight excluding hydrogens is 469 g/mol. The molecular formula is C26H33ClFN5O2. The molecule has 4 rings (SSSR count). The van der Waals surface area contributed by atoms with Gasteiger partial charge in [-0.15, -0.1) is 0 Å². The number of nitrogen functional groups attached to an aromatic ring is 1. The summed E-state index contributed by atoms with van der Waals surface area (Å²) >= 11 is 6.97. The van der Waals surface area contributed by atoms with E-state index in [0.717, 1.165) is 12.0 Å². The van der Waals surface area contributed by atoms with E-state index in [1.807, 2.05) is 27.7 Å². The van der Waals surface area contributed by atoms with E-state index in [1.54, 1.807) is 14.1 Å². The first kappa shape index (κ1) is 25.2. The Bertz CT molecular complexity index is 1230. The monoisotopic (exact) mass is 501 g/mol. The standard InChI is InChI=1S/C26H33ClFN5O2/c1-24(2,3)33(6)22(34)17-16(29)8-7-14(20(17)28)15-11-31-21-18(19(15)27)26(13-32-21)10-9-25(4,12-26)23(35)30-5/h7-8,11H,9-10,12-13,29H2,1-6H3,(H,30,35)(H,31,32). The molecule has 1 aromatic carbocycles. The second-order valence-electron chi connectivity index (χ2n) is 11.1. The number of anilines is 2. The van der Waals surface area contributed by atoms with E-state index in [0.29, 0.717) is 35.8 Å². The molecule has 2 aliphatic rings. The Kier molecular flexibility index (Phi) is 6.03. The smallest absolute Gasteiger partial charge is 0.259 e. The third-order valence-corrected chi connectivity index (χ3v) is 8.18. The zero-order valence-electron chi connectivity index (χ0n) is 21.1. The molecule has 2 aromatic rings. The van der Waals surface area contributed by atoms with Gasteiger partial charge in [0.2, 0.25) is 5.91 Å². The van der Waals surface area contributed by atoms with Gasteiger partial charge in [-0.1, -0.05) is 18.5 Å². The summed E-state index contributed by atoms with van der Waals surface area (Å²) in [6, 6.07) is 3.06. The Hall–Kier alpha value is -2.87. The van der Waals surface area contributed by atoms with Gasteiger partial charge in [-0.2, -0.15) is 0 Å². The molecule has 1 aliphatic heterocycles. The number of amides is 2. The summed E-state index contributed by atoms with van der Waals surface area (Å²) in [6.45, 7) is 8.17. The quantitative estimate of drug-likeness (QED) is 0.534. The Balaban J connectivity index is 1.82. The van der Waals surface area contributed by atoms with Gasteiger partial charge in [0.1, 0.15) is 11.6 Å². The molecule has 1 aliphatic carbocycles. The van der Waals surface area contributed by atoms with Crippen LogP contribution in [-0.4, -0.2) is 47.9 Å². The number of benzene rings is 1. The summed E-state index contributed by atoms with van der Waals surface area (Å²) in [5.74, 6) is -0.579. The van der Waals surface area contributed by atoms with Crippen LogP contribution >= 0.6 is 11.6 Å². The van der Waals surface area contributed by atoms with Crippen molar-refractivity contribution in [2.24, 2.45) is 5.41 Å². The van der Waals surface area contributed by atoms with Crippen LogP contribution in [0.4, 0.5) is 15.9 Å². The maximum atomic E-state index is 15.9. The molecule has 7 nitrogen and oxygen atoms in total. The maximum Gasteiger partial charge on any atom is 0.259 e. The molecule has 1 aromatic heterocycles. The van der Waals surface area contributed by atoms with Crippen molar-refractivity contribution in [1.82, 2.24) is 15.2 Å². The molecule has 1 fully saturated rings. The van der Waals surface area contributed by atoms with Gasteiger partial charge >= 0.3 is 0 Å². The van der Waals surface area contributed by atoms with Crippen LogP contribution in [0.3, 0.4) is 0 Å². The van der Waals surface area contributed by atoms with E-state index >= 15 is 4.39 Å². The third-order valence-electron chi connectivity index (χ3n) is 7.79. The minimum absolute atomic E-state index is 0.00115. The van der Waals surface area contributed by atoms with E-state index in [2.05, 4.69) is 15.6 Å². The largest absolute Gasteiger partial charge is 0.398 e. The molecule has 2 atom stereocenters. The van der Waals surface area contributed by atoms with Gasteiger partial charge in [-0.25, -0.2) is 9.37 Å². The van der Waals surface area contributed by atoms with Gasteiger partial charge in [0.25, 0.3) is 5.91 Å². The zero-order chi connectivity index (χ0) is 25.9. The van der Waals surface area contributed by atoms with Crippen LogP contribution in [0.25, 0.3) is 11.1 Å². The number of nitrogens with one attached hydrogen (secondary N) is 2. The number of nitrogens with zero attached hydrogens (tertiary/aromatic N) is 2. The lowest BCUT2D eigenvalue weighted by Crippen LogP contribution is -2.43. The van der Waals surface area contributed by atoms with Crippen LogP contribution in [0, 0.1) is 11.2 Å². The second-order valence-corrected chi connectivity index (χ2v) is 11.5. The van der Waals surface area contributed by atoms with Crippen LogP contribution in [0.15, 0.2) is 18.3 Å². The Labute approximate surface area is 210 Å². The number of fused-ring (bicyclic) bond motifs is 2. The minimum atomic E-state index is -0.726. The summed E-state index contributed by atoms with van der Waals surface area (Å²) in [5, 5.41) is 6.49. The van der Waals surface area contributed by atoms with E-state index in [9.17, 15) is 9.59 Å². The van der Waals surface area contributed by atoms with Crippen molar-refractivity contribution in [3.63, 3.8) is 0 Å². The van der Waals surface area contributed by atoms with E-state index in [-0.39, 0.29) is 28.1 Å². The topological polar surface area (TPSA) is 100 Å². The normalized spacial score (nSPS) is 23.2. The van der Waals surface area contributed by atoms with Gasteiger partial charge in [0.05, 0.1) is 10.6 Å². The van der Waals surface area contributed by atoms with E-state index in [1.165, 1.54) is 23.2 Å². The first-order valence-electron chi connectivity index (χ1n) is 11.8. The van der Waals surface area contributed by atoms with Crippen molar-refractivity contribution < 1.29 is 14.0 Å². The number of aromatic nitrogens is 1. The Morgan fingerprint density at radius 2 is 1.94 bits per heavy atom. The highest BCUT2D eigenvalue weighted by Crippen LogP contribution is 2.57. The molecule has 0 saturated heterocycles.